The second kappa shape index (κ2) is 7.59. The summed E-state index contributed by atoms with van der Waals surface area (Å²) in [5, 5.41) is 1.27. The van der Waals surface area contributed by atoms with Crippen LogP contribution in [0.5, 0.6) is 0 Å². The zero-order valence-electron chi connectivity index (χ0n) is 15.2. The number of aromatic amines is 1. The fourth-order valence-corrected chi connectivity index (χ4v) is 3.73. The second-order valence-electron chi connectivity index (χ2n) is 6.89. The van der Waals surface area contributed by atoms with E-state index in [1.807, 2.05) is 0 Å². The molecule has 0 radical (unpaired) electrons. The van der Waals surface area contributed by atoms with E-state index in [2.05, 4.69) is 19.9 Å². The Bertz CT molecular complexity index is 1120. The molecular weight excluding hydrogens is 405 g/mol. The third-order valence-electron chi connectivity index (χ3n) is 4.91. The number of H-pyrrole nitrogens is 1. The van der Waals surface area contributed by atoms with Gasteiger partial charge in [0, 0.05) is 35.3 Å². The number of ketones is 1. The van der Waals surface area contributed by atoms with Gasteiger partial charge >= 0.3 is 6.18 Å². The number of hydrogen-bond donors (Lipinski definition) is 1. The van der Waals surface area contributed by atoms with E-state index in [1.54, 1.807) is 24.7 Å². The van der Waals surface area contributed by atoms with Crippen LogP contribution in [0.25, 0.3) is 27.9 Å². The second-order valence-corrected chi connectivity index (χ2v) is 7.33. The summed E-state index contributed by atoms with van der Waals surface area (Å²) in [5.41, 5.74) is 3.61. The molecule has 0 bridgehead atoms. The molecule has 3 heterocycles. The molecule has 1 N–H and O–H groups in total. The molecule has 4 rings (SSSR count). The standard InChI is InChI=1S/C20H16ClF3N4O/c21-11-6-14-15(8-27-19(14)26-7-11)17-10-25-9-16(28-17)12-2-1-3-13(12)18(29)4-5-20(22,23)24/h6-10H,1-5H2,(H,26,27). The van der Waals surface area contributed by atoms with Crippen LogP contribution in [0.3, 0.4) is 0 Å². The molecule has 150 valence electrons. The van der Waals surface area contributed by atoms with Crippen LogP contribution in [0.15, 0.2) is 36.4 Å². The van der Waals surface area contributed by atoms with Crippen molar-refractivity contribution in [2.75, 3.05) is 0 Å². The van der Waals surface area contributed by atoms with E-state index in [1.165, 1.54) is 6.20 Å². The lowest BCUT2D eigenvalue weighted by atomic mass is 10.0. The molecule has 0 atom stereocenters. The molecule has 0 aliphatic heterocycles. The van der Waals surface area contributed by atoms with Crippen molar-refractivity contribution in [2.24, 2.45) is 0 Å². The van der Waals surface area contributed by atoms with Gasteiger partial charge in [0.05, 0.1) is 35.2 Å². The van der Waals surface area contributed by atoms with Crippen LogP contribution in [0, 0.1) is 0 Å². The Balaban J connectivity index is 1.69. The molecule has 29 heavy (non-hydrogen) atoms. The lowest BCUT2D eigenvalue weighted by molar-refractivity contribution is -0.141. The number of alkyl halides is 3. The van der Waals surface area contributed by atoms with E-state index in [-0.39, 0.29) is 0 Å². The summed E-state index contributed by atoms with van der Waals surface area (Å²) >= 11 is 6.05. The molecule has 5 nitrogen and oxygen atoms in total. The van der Waals surface area contributed by atoms with Crippen molar-refractivity contribution >= 4 is 34.0 Å². The molecular formula is C20H16ClF3N4O. The van der Waals surface area contributed by atoms with E-state index < -0.39 is 24.8 Å². The van der Waals surface area contributed by atoms with E-state index in [0.717, 1.165) is 10.9 Å². The van der Waals surface area contributed by atoms with Crippen LogP contribution in [0.1, 0.15) is 37.8 Å². The largest absolute Gasteiger partial charge is 0.389 e. The van der Waals surface area contributed by atoms with E-state index >= 15 is 0 Å². The highest BCUT2D eigenvalue weighted by Crippen LogP contribution is 2.36. The van der Waals surface area contributed by atoms with Crippen LogP contribution >= 0.6 is 11.6 Å². The van der Waals surface area contributed by atoms with Crippen LogP contribution in [0.4, 0.5) is 13.2 Å². The highest BCUT2D eigenvalue weighted by molar-refractivity contribution is 6.31. The Morgan fingerprint density at radius 2 is 1.97 bits per heavy atom. The number of nitrogens with one attached hydrogen (secondary N) is 1. The molecule has 0 fully saturated rings. The van der Waals surface area contributed by atoms with Crippen molar-refractivity contribution in [2.45, 2.75) is 38.3 Å². The van der Waals surface area contributed by atoms with Gasteiger partial charge in [-0.05, 0) is 30.9 Å². The number of pyridine rings is 1. The average molecular weight is 421 g/mol. The van der Waals surface area contributed by atoms with Crippen molar-refractivity contribution in [1.29, 1.82) is 0 Å². The molecule has 3 aromatic heterocycles. The SMILES string of the molecule is O=C(CCC(F)(F)F)C1=C(c2cncc(-c3c[nH]c4ncc(Cl)cc34)n2)CCC1. The minimum absolute atomic E-state index is 0.435. The van der Waals surface area contributed by atoms with Crippen molar-refractivity contribution in [3.05, 3.63) is 47.1 Å². The Morgan fingerprint density at radius 1 is 1.17 bits per heavy atom. The van der Waals surface area contributed by atoms with E-state index in [9.17, 15) is 18.0 Å². The van der Waals surface area contributed by atoms with Gasteiger partial charge in [-0.15, -0.1) is 0 Å². The zero-order valence-corrected chi connectivity index (χ0v) is 15.9. The summed E-state index contributed by atoms with van der Waals surface area (Å²) in [6.07, 6.45) is 2.18. The summed E-state index contributed by atoms with van der Waals surface area (Å²) in [7, 11) is 0. The molecule has 0 unspecified atom stereocenters. The number of halogens is 4. The van der Waals surface area contributed by atoms with Gasteiger partial charge in [-0.1, -0.05) is 11.6 Å². The van der Waals surface area contributed by atoms with Crippen LogP contribution in [-0.4, -0.2) is 31.9 Å². The normalized spacial score (nSPS) is 14.8. The number of aromatic nitrogens is 4. The molecule has 0 spiro atoms. The third-order valence-corrected chi connectivity index (χ3v) is 5.11. The summed E-state index contributed by atoms with van der Waals surface area (Å²) in [5.74, 6) is -0.467. The number of Topliss-reactive ketones (excluding diaryl/α,β-unsaturated/α-hetero) is 1. The third kappa shape index (κ3) is 4.17. The van der Waals surface area contributed by atoms with E-state index in [4.69, 9.17) is 11.6 Å². The molecule has 0 saturated carbocycles. The molecule has 0 saturated heterocycles. The summed E-state index contributed by atoms with van der Waals surface area (Å²) in [6, 6.07) is 1.77. The van der Waals surface area contributed by atoms with Gasteiger partial charge < -0.3 is 4.98 Å². The summed E-state index contributed by atoms with van der Waals surface area (Å²) in [6.45, 7) is 0. The molecule has 9 heteroatoms. The number of carbonyl (C=O) groups is 1. The Labute approximate surface area is 169 Å². The molecule has 3 aromatic rings. The van der Waals surface area contributed by atoms with Gasteiger partial charge in [-0.25, -0.2) is 9.97 Å². The van der Waals surface area contributed by atoms with Crippen LogP contribution in [-0.2, 0) is 4.79 Å². The van der Waals surface area contributed by atoms with Crippen molar-refractivity contribution < 1.29 is 18.0 Å². The number of nitrogens with zero attached hydrogens (tertiary/aromatic N) is 3. The van der Waals surface area contributed by atoms with Crippen molar-refractivity contribution in [1.82, 2.24) is 19.9 Å². The molecule has 0 aromatic carbocycles. The highest BCUT2D eigenvalue weighted by Gasteiger charge is 2.30. The number of allylic oxidation sites excluding steroid dienone is 2. The minimum atomic E-state index is -4.35. The predicted octanol–water partition coefficient (Wildman–Crippen LogP) is 5.52. The van der Waals surface area contributed by atoms with Gasteiger partial charge in [0.15, 0.2) is 5.78 Å². The van der Waals surface area contributed by atoms with Crippen molar-refractivity contribution in [3.63, 3.8) is 0 Å². The monoisotopic (exact) mass is 420 g/mol. The smallest absolute Gasteiger partial charge is 0.345 e. The maximum Gasteiger partial charge on any atom is 0.389 e. The number of hydrogen-bond acceptors (Lipinski definition) is 4. The lowest BCUT2D eigenvalue weighted by Crippen LogP contribution is -2.12. The molecule has 1 aliphatic rings. The highest BCUT2D eigenvalue weighted by atomic mass is 35.5. The van der Waals surface area contributed by atoms with Crippen LogP contribution < -0.4 is 0 Å². The molecule has 0 amide bonds. The Kier molecular flexibility index (Phi) is 5.12. The number of carbonyl (C=O) groups excluding carboxylic acids is 1. The van der Waals surface area contributed by atoms with Gasteiger partial charge in [0.2, 0.25) is 0 Å². The quantitative estimate of drug-likeness (QED) is 0.589. The lowest BCUT2D eigenvalue weighted by Gasteiger charge is -2.09. The van der Waals surface area contributed by atoms with Gasteiger partial charge in [0.1, 0.15) is 5.65 Å². The fourth-order valence-electron chi connectivity index (χ4n) is 3.57. The Hall–Kier alpha value is -2.74. The van der Waals surface area contributed by atoms with Crippen LogP contribution in [0.2, 0.25) is 5.02 Å². The van der Waals surface area contributed by atoms with Gasteiger partial charge in [-0.2, -0.15) is 13.2 Å². The average Bonchev–Trinajstić information content (AvgIpc) is 3.32. The number of rotatable bonds is 5. The zero-order chi connectivity index (χ0) is 20.6. The first-order valence-corrected chi connectivity index (χ1v) is 9.47. The van der Waals surface area contributed by atoms with Gasteiger partial charge in [-0.3, -0.25) is 9.78 Å². The number of fused-ring (bicyclic) bond motifs is 1. The topological polar surface area (TPSA) is 71.5 Å². The van der Waals surface area contributed by atoms with Crippen molar-refractivity contribution in [3.8, 4) is 11.3 Å². The van der Waals surface area contributed by atoms with E-state index in [0.29, 0.717) is 52.5 Å². The fraction of sp³-hybridized carbons (Fsp3) is 0.300. The first-order valence-electron chi connectivity index (χ1n) is 9.09. The molecule has 1 aliphatic carbocycles. The first-order chi connectivity index (χ1) is 13.8. The Morgan fingerprint density at radius 3 is 2.76 bits per heavy atom. The maximum absolute atomic E-state index is 12.5. The summed E-state index contributed by atoms with van der Waals surface area (Å²) in [4.78, 5) is 28.5. The van der Waals surface area contributed by atoms with Gasteiger partial charge in [0.25, 0.3) is 0 Å². The maximum atomic E-state index is 12.5. The minimum Gasteiger partial charge on any atom is -0.345 e. The predicted molar refractivity (Wildman–Crippen MR) is 103 cm³/mol. The summed E-state index contributed by atoms with van der Waals surface area (Å²) < 4.78 is 37.4. The first kappa shape index (κ1) is 19.6.